The predicted octanol–water partition coefficient (Wildman–Crippen LogP) is 2.61. The van der Waals surface area contributed by atoms with Crippen LogP contribution in [0.25, 0.3) is 0 Å². The second-order valence-corrected chi connectivity index (χ2v) is 4.05. The van der Waals surface area contributed by atoms with Crippen molar-refractivity contribution in [1.82, 2.24) is 4.98 Å². The van der Waals surface area contributed by atoms with Gasteiger partial charge in [0.05, 0.1) is 23.3 Å². The zero-order chi connectivity index (χ0) is 14.7. The average molecular weight is 278 g/mol. The Kier molecular flexibility index (Phi) is 3.79. The average Bonchev–Trinajstić information content (AvgIpc) is 2.41. The molecule has 3 N–H and O–H groups in total. The van der Waals surface area contributed by atoms with Gasteiger partial charge in [-0.3, -0.25) is 9.88 Å². The maximum atomic E-state index is 13.4. The first-order chi connectivity index (χ1) is 9.49. The summed E-state index contributed by atoms with van der Waals surface area (Å²) in [4.78, 5) is 17.0. The van der Waals surface area contributed by atoms with E-state index in [1.165, 1.54) is 24.3 Å². The van der Waals surface area contributed by atoms with E-state index in [4.69, 9.17) is 5.73 Å². The lowest BCUT2D eigenvalue weighted by Gasteiger charge is -2.19. The number of carbonyl (C=O) groups is 1. The van der Waals surface area contributed by atoms with Crippen LogP contribution in [0.15, 0.2) is 36.7 Å². The lowest BCUT2D eigenvalue weighted by molar-refractivity contribution is 0.258. The summed E-state index contributed by atoms with van der Waals surface area (Å²) in [5.74, 6) is -1.57. The van der Waals surface area contributed by atoms with Crippen molar-refractivity contribution in [2.45, 2.75) is 0 Å². The van der Waals surface area contributed by atoms with Gasteiger partial charge >= 0.3 is 6.03 Å². The van der Waals surface area contributed by atoms with Gasteiger partial charge in [-0.2, -0.15) is 0 Å². The van der Waals surface area contributed by atoms with Gasteiger partial charge in [-0.05, 0) is 18.2 Å². The Morgan fingerprint density at radius 2 is 2.10 bits per heavy atom. The summed E-state index contributed by atoms with van der Waals surface area (Å²) in [6.45, 7) is 0. The molecule has 0 fully saturated rings. The molecule has 1 heterocycles. The lowest BCUT2D eigenvalue weighted by atomic mass is 10.3. The van der Waals surface area contributed by atoms with E-state index in [0.717, 1.165) is 12.1 Å². The molecule has 0 radical (unpaired) electrons. The predicted molar refractivity (Wildman–Crippen MR) is 72.4 cm³/mol. The fourth-order valence-electron chi connectivity index (χ4n) is 1.60. The molecule has 7 heteroatoms. The maximum Gasteiger partial charge on any atom is 0.326 e. The number of hydrogen-bond donors (Lipinski definition) is 2. The Labute approximate surface area is 114 Å². The standard InChI is InChI=1S/C13H12F2N4O/c1-19(12-4-5-17-7-10(12)16)13(20)18-11-3-2-8(14)6-9(11)15/h2-7H,16H2,1H3,(H,18,20). The molecule has 104 valence electrons. The molecule has 0 aliphatic heterocycles. The number of nitrogens with two attached hydrogens (primary N) is 1. The highest BCUT2D eigenvalue weighted by Gasteiger charge is 2.15. The van der Waals surface area contributed by atoms with Gasteiger partial charge in [-0.1, -0.05) is 0 Å². The first-order valence-electron chi connectivity index (χ1n) is 5.68. The summed E-state index contributed by atoms with van der Waals surface area (Å²) in [5, 5.41) is 2.33. The molecule has 2 aromatic rings. The third kappa shape index (κ3) is 2.82. The van der Waals surface area contributed by atoms with Crippen LogP contribution in [-0.4, -0.2) is 18.1 Å². The van der Waals surface area contributed by atoms with Crippen LogP contribution in [0.1, 0.15) is 0 Å². The maximum absolute atomic E-state index is 13.4. The first-order valence-corrected chi connectivity index (χ1v) is 5.68. The Morgan fingerprint density at radius 3 is 2.75 bits per heavy atom. The molecule has 0 saturated heterocycles. The fourth-order valence-corrected chi connectivity index (χ4v) is 1.60. The number of nitrogens with one attached hydrogen (secondary N) is 1. The minimum absolute atomic E-state index is 0.115. The van der Waals surface area contributed by atoms with E-state index < -0.39 is 17.7 Å². The van der Waals surface area contributed by atoms with Crippen molar-refractivity contribution in [3.8, 4) is 0 Å². The number of carbonyl (C=O) groups excluding carboxylic acids is 1. The Morgan fingerprint density at radius 1 is 1.35 bits per heavy atom. The van der Waals surface area contributed by atoms with Gasteiger partial charge in [0.25, 0.3) is 0 Å². The van der Waals surface area contributed by atoms with Gasteiger partial charge in [0.2, 0.25) is 0 Å². The number of urea groups is 1. The van der Waals surface area contributed by atoms with Crippen LogP contribution in [0.4, 0.5) is 30.6 Å². The molecular weight excluding hydrogens is 266 g/mol. The van der Waals surface area contributed by atoms with Crippen molar-refractivity contribution in [3.63, 3.8) is 0 Å². The van der Waals surface area contributed by atoms with Gasteiger partial charge in [0.1, 0.15) is 11.6 Å². The van der Waals surface area contributed by atoms with Gasteiger partial charge in [0.15, 0.2) is 0 Å². The van der Waals surface area contributed by atoms with Crippen LogP contribution >= 0.6 is 0 Å². The summed E-state index contributed by atoms with van der Waals surface area (Å²) < 4.78 is 26.2. The fraction of sp³-hybridized carbons (Fsp3) is 0.0769. The summed E-state index contributed by atoms with van der Waals surface area (Å²) in [7, 11) is 1.47. The molecule has 5 nitrogen and oxygen atoms in total. The van der Waals surface area contributed by atoms with Crippen molar-refractivity contribution in [1.29, 1.82) is 0 Å². The third-order valence-electron chi connectivity index (χ3n) is 2.67. The number of nitrogen functional groups attached to an aromatic ring is 1. The molecule has 1 aromatic heterocycles. The molecule has 0 aliphatic rings. The number of amides is 2. The summed E-state index contributed by atoms with van der Waals surface area (Å²) in [5.41, 5.74) is 6.32. The van der Waals surface area contributed by atoms with Gasteiger partial charge in [0, 0.05) is 19.3 Å². The molecule has 2 amide bonds. The van der Waals surface area contributed by atoms with Crippen LogP contribution < -0.4 is 16.0 Å². The molecule has 0 spiro atoms. The first kappa shape index (κ1) is 13.7. The minimum atomic E-state index is -0.852. The molecule has 1 aromatic carbocycles. The SMILES string of the molecule is CN(C(=O)Nc1ccc(F)cc1F)c1ccncc1N. The summed E-state index contributed by atoms with van der Waals surface area (Å²) >= 11 is 0. The molecule has 0 saturated carbocycles. The van der Waals surface area contributed by atoms with Crippen molar-refractivity contribution >= 4 is 23.1 Å². The monoisotopic (exact) mass is 278 g/mol. The van der Waals surface area contributed by atoms with E-state index in [2.05, 4.69) is 10.3 Å². The van der Waals surface area contributed by atoms with E-state index in [0.29, 0.717) is 17.4 Å². The largest absolute Gasteiger partial charge is 0.396 e. The minimum Gasteiger partial charge on any atom is -0.396 e. The van der Waals surface area contributed by atoms with E-state index in [1.807, 2.05) is 0 Å². The number of rotatable bonds is 2. The quantitative estimate of drug-likeness (QED) is 0.887. The second kappa shape index (κ2) is 5.52. The molecular formula is C13H12F2N4O. The van der Waals surface area contributed by atoms with E-state index >= 15 is 0 Å². The number of anilines is 3. The highest BCUT2D eigenvalue weighted by molar-refractivity contribution is 6.03. The smallest absolute Gasteiger partial charge is 0.326 e. The molecule has 20 heavy (non-hydrogen) atoms. The summed E-state index contributed by atoms with van der Waals surface area (Å²) in [6.07, 6.45) is 2.88. The van der Waals surface area contributed by atoms with Crippen LogP contribution in [0.2, 0.25) is 0 Å². The number of hydrogen-bond acceptors (Lipinski definition) is 3. The van der Waals surface area contributed by atoms with Gasteiger partial charge < -0.3 is 11.1 Å². The summed E-state index contributed by atoms with van der Waals surface area (Å²) in [6, 6.07) is 3.84. The normalized spacial score (nSPS) is 10.2. The molecule has 0 atom stereocenters. The van der Waals surface area contributed by atoms with Gasteiger partial charge in [-0.15, -0.1) is 0 Å². The Bertz CT molecular complexity index is 648. The van der Waals surface area contributed by atoms with Crippen LogP contribution in [0, 0.1) is 11.6 Å². The zero-order valence-electron chi connectivity index (χ0n) is 10.6. The van der Waals surface area contributed by atoms with E-state index in [9.17, 15) is 13.6 Å². The molecule has 0 aliphatic carbocycles. The Hall–Kier alpha value is -2.70. The lowest BCUT2D eigenvalue weighted by Crippen LogP contribution is -2.32. The third-order valence-corrected chi connectivity index (χ3v) is 2.67. The number of halogens is 2. The van der Waals surface area contributed by atoms with Crippen molar-refractivity contribution in [3.05, 3.63) is 48.3 Å². The van der Waals surface area contributed by atoms with Crippen molar-refractivity contribution < 1.29 is 13.6 Å². The van der Waals surface area contributed by atoms with Crippen LogP contribution in [0.5, 0.6) is 0 Å². The molecule has 0 unspecified atom stereocenters. The number of aromatic nitrogens is 1. The van der Waals surface area contributed by atoms with E-state index in [1.54, 1.807) is 6.07 Å². The molecule has 0 bridgehead atoms. The van der Waals surface area contributed by atoms with Crippen LogP contribution in [-0.2, 0) is 0 Å². The topological polar surface area (TPSA) is 71.2 Å². The van der Waals surface area contributed by atoms with Crippen molar-refractivity contribution in [2.24, 2.45) is 0 Å². The highest BCUT2D eigenvalue weighted by Crippen LogP contribution is 2.21. The highest BCUT2D eigenvalue weighted by atomic mass is 19.1. The second-order valence-electron chi connectivity index (χ2n) is 4.05. The Balaban J connectivity index is 2.18. The number of benzene rings is 1. The van der Waals surface area contributed by atoms with Crippen LogP contribution in [0.3, 0.4) is 0 Å². The zero-order valence-corrected chi connectivity index (χ0v) is 10.6. The number of nitrogens with zero attached hydrogens (tertiary/aromatic N) is 2. The number of pyridine rings is 1. The van der Waals surface area contributed by atoms with Crippen molar-refractivity contribution in [2.75, 3.05) is 23.0 Å². The molecule has 2 rings (SSSR count). The van der Waals surface area contributed by atoms with E-state index in [-0.39, 0.29) is 5.69 Å². The van der Waals surface area contributed by atoms with Gasteiger partial charge in [-0.25, -0.2) is 13.6 Å².